The molecule has 5 nitrogen and oxygen atoms in total. The van der Waals surface area contributed by atoms with E-state index in [0.717, 1.165) is 42.2 Å². The fourth-order valence-electron chi connectivity index (χ4n) is 4.24. The number of carbonyl (C=O) groups is 1. The summed E-state index contributed by atoms with van der Waals surface area (Å²) in [5.41, 5.74) is 8.03. The molecule has 25 heavy (non-hydrogen) atoms. The summed E-state index contributed by atoms with van der Waals surface area (Å²) >= 11 is 0. The first-order valence-electron chi connectivity index (χ1n) is 9.18. The van der Waals surface area contributed by atoms with E-state index in [4.69, 9.17) is 5.73 Å². The second-order valence-electron chi connectivity index (χ2n) is 7.25. The quantitative estimate of drug-likeness (QED) is 0.912. The van der Waals surface area contributed by atoms with Crippen LogP contribution in [-0.4, -0.2) is 33.9 Å². The number of nitrogens with zero attached hydrogens (tertiary/aromatic N) is 3. The van der Waals surface area contributed by atoms with E-state index in [1.165, 1.54) is 25.7 Å². The predicted molar refractivity (Wildman–Crippen MR) is 97.8 cm³/mol. The van der Waals surface area contributed by atoms with E-state index in [9.17, 15) is 4.79 Å². The van der Waals surface area contributed by atoms with Gasteiger partial charge in [0.1, 0.15) is 5.82 Å². The Morgan fingerprint density at radius 3 is 2.48 bits per heavy atom. The second kappa shape index (κ2) is 6.82. The van der Waals surface area contributed by atoms with Crippen LogP contribution in [0.5, 0.6) is 0 Å². The summed E-state index contributed by atoms with van der Waals surface area (Å²) in [6.45, 7) is 1.82. The Balaban J connectivity index is 1.46. The zero-order valence-corrected chi connectivity index (χ0v) is 14.4. The van der Waals surface area contributed by atoms with Gasteiger partial charge in [-0.15, -0.1) is 0 Å². The van der Waals surface area contributed by atoms with Crippen LogP contribution in [0.4, 0.5) is 5.82 Å². The van der Waals surface area contributed by atoms with Crippen molar-refractivity contribution in [1.82, 2.24) is 14.9 Å². The molecule has 1 amide bonds. The third-order valence-corrected chi connectivity index (χ3v) is 5.68. The molecule has 2 aliphatic rings. The van der Waals surface area contributed by atoms with E-state index >= 15 is 0 Å². The maximum absolute atomic E-state index is 12.8. The van der Waals surface area contributed by atoms with Crippen LogP contribution in [0.1, 0.15) is 42.5 Å². The molecule has 1 aromatic carbocycles. The van der Waals surface area contributed by atoms with E-state index in [-0.39, 0.29) is 5.91 Å². The van der Waals surface area contributed by atoms with E-state index in [1.807, 2.05) is 29.2 Å². The number of anilines is 1. The first-order chi connectivity index (χ1) is 12.2. The molecule has 1 saturated carbocycles. The molecule has 130 valence electrons. The Morgan fingerprint density at radius 2 is 1.76 bits per heavy atom. The summed E-state index contributed by atoms with van der Waals surface area (Å²) in [6.07, 6.45) is 9.68. The molecule has 2 aromatic rings. The number of piperidine rings is 1. The number of hydrogen-bond donors (Lipinski definition) is 1. The van der Waals surface area contributed by atoms with Gasteiger partial charge in [0.05, 0.1) is 18.1 Å². The zero-order chi connectivity index (χ0) is 17.2. The van der Waals surface area contributed by atoms with E-state index in [1.54, 1.807) is 12.4 Å². The van der Waals surface area contributed by atoms with Crippen LogP contribution in [0.3, 0.4) is 0 Å². The first-order valence-corrected chi connectivity index (χ1v) is 9.18. The van der Waals surface area contributed by atoms with Crippen molar-refractivity contribution in [3.05, 3.63) is 42.2 Å². The molecule has 2 fully saturated rings. The Morgan fingerprint density at radius 1 is 1.00 bits per heavy atom. The summed E-state index contributed by atoms with van der Waals surface area (Å²) in [5, 5.41) is 0. The van der Waals surface area contributed by atoms with E-state index in [0.29, 0.717) is 11.7 Å². The minimum atomic E-state index is 0.152. The maximum atomic E-state index is 12.8. The number of nitrogen functional groups attached to an aromatic ring is 1. The van der Waals surface area contributed by atoms with Crippen LogP contribution >= 0.6 is 0 Å². The molecule has 5 heteroatoms. The van der Waals surface area contributed by atoms with Gasteiger partial charge in [-0.3, -0.25) is 9.78 Å². The zero-order valence-electron chi connectivity index (χ0n) is 14.4. The maximum Gasteiger partial charge on any atom is 0.253 e. The van der Waals surface area contributed by atoms with Crippen molar-refractivity contribution in [1.29, 1.82) is 0 Å². The van der Waals surface area contributed by atoms with Crippen molar-refractivity contribution in [3.63, 3.8) is 0 Å². The Kier molecular flexibility index (Phi) is 4.38. The van der Waals surface area contributed by atoms with Gasteiger partial charge in [0.15, 0.2) is 0 Å². The van der Waals surface area contributed by atoms with Crippen LogP contribution in [0.2, 0.25) is 0 Å². The van der Waals surface area contributed by atoms with Crippen molar-refractivity contribution < 1.29 is 4.79 Å². The number of amides is 1. The SMILES string of the molecule is Nc1cnc(-c2ccc(C(=O)N3CC[C@@H]4CCCC[C@H]4C3)cc2)cn1. The highest BCUT2D eigenvalue weighted by Crippen LogP contribution is 2.36. The molecule has 0 unspecified atom stereocenters. The number of benzene rings is 1. The molecule has 1 aliphatic heterocycles. The molecule has 4 rings (SSSR count). The van der Waals surface area contributed by atoms with Gasteiger partial charge < -0.3 is 10.6 Å². The number of aromatic nitrogens is 2. The summed E-state index contributed by atoms with van der Waals surface area (Å²) in [5.74, 6) is 2.10. The van der Waals surface area contributed by atoms with Gasteiger partial charge in [-0.2, -0.15) is 0 Å². The first kappa shape index (κ1) is 16.1. The summed E-state index contributed by atoms with van der Waals surface area (Å²) in [4.78, 5) is 23.2. The average Bonchev–Trinajstić information content (AvgIpc) is 2.68. The minimum absolute atomic E-state index is 0.152. The summed E-state index contributed by atoms with van der Waals surface area (Å²) in [6, 6.07) is 7.65. The summed E-state index contributed by atoms with van der Waals surface area (Å²) < 4.78 is 0. The third kappa shape index (κ3) is 3.36. The van der Waals surface area contributed by atoms with E-state index in [2.05, 4.69) is 9.97 Å². The van der Waals surface area contributed by atoms with Gasteiger partial charge in [0.25, 0.3) is 5.91 Å². The predicted octanol–water partition coefficient (Wildman–Crippen LogP) is 3.38. The number of hydrogen-bond acceptors (Lipinski definition) is 4. The van der Waals surface area contributed by atoms with Gasteiger partial charge in [-0.1, -0.05) is 31.4 Å². The summed E-state index contributed by atoms with van der Waals surface area (Å²) in [7, 11) is 0. The molecule has 2 atom stereocenters. The fourth-order valence-corrected chi connectivity index (χ4v) is 4.24. The number of likely N-dealkylation sites (tertiary alicyclic amines) is 1. The van der Waals surface area contributed by atoms with Crippen LogP contribution in [0.15, 0.2) is 36.7 Å². The normalized spacial score (nSPS) is 23.1. The number of rotatable bonds is 2. The third-order valence-electron chi connectivity index (χ3n) is 5.68. The topological polar surface area (TPSA) is 72.1 Å². The van der Waals surface area contributed by atoms with Gasteiger partial charge in [-0.05, 0) is 36.8 Å². The largest absolute Gasteiger partial charge is 0.382 e. The standard InChI is InChI=1S/C20H24N4O/c21-19-12-22-18(11-23-19)15-5-7-16(8-6-15)20(25)24-10-9-14-3-1-2-4-17(14)13-24/h5-8,11-12,14,17H,1-4,9-10,13H2,(H2,21,23)/t14-,17-/m0/s1. The highest BCUT2D eigenvalue weighted by atomic mass is 16.2. The number of carbonyl (C=O) groups excluding carboxylic acids is 1. The fraction of sp³-hybridized carbons (Fsp3) is 0.450. The van der Waals surface area contributed by atoms with Crippen LogP contribution in [0.25, 0.3) is 11.3 Å². The Hall–Kier alpha value is -2.43. The van der Waals surface area contributed by atoms with Crippen molar-refractivity contribution in [3.8, 4) is 11.3 Å². The van der Waals surface area contributed by atoms with Crippen molar-refractivity contribution in [2.75, 3.05) is 18.8 Å². The van der Waals surface area contributed by atoms with Crippen LogP contribution in [-0.2, 0) is 0 Å². The Labute approximate surface area is 148 Å². The lowest BCUT2D eigenvalue weighted by Crippen LogP contribution is -2.44. The number of fused-ring (bicyclic) bond motifs is 1. The molecule has 1 saturated heterocycles. The molecule has 0 bridgehead atoms. The van der Waals surface area contributed by atoms with Crippen LogP contribution < -0.4 is 5.73 Å². The molecular formula is C20H24N4O. The molecule has 1 aliphatic carbocycles. The molecule has 1 aromatic heterocycles. The van der Waals surface area contributed by atoms with Crippen molar-refractivity contribution in [2.45, 2.75) is 32.1 Å². The number of nitrogens with two attached hydrogens (primary N) is 1. The van der Waals surface area contributed by atoms with Gasteiger partial charge in [0, 0.05) is 24.2 Å². The lowest BCUT2D eigenvalue weighted by atomic mass is 9.75. The van der Waals surface area contributed by atoms with Gasteiger partial charge in [-0.25, -0.2) is 4.98 Å². The lowest BCUT2D eigenvalue weighted by molar-refractivity contribution is 0.0521. The smallest absolute Gasteiger partial charge is 0.253 e. The molecular weight excluding hydrogens is 312 g/mol. The minimum Gasteiger partial charge on any atom is -0.382 e. The molecule has 0 spiro atoms. The highest BCUT2D eigenvalue weighted by molar-refractivity contribution is 5.94. The monoisotopic (exact) mass is 336 g/mol. The van der Waals surface area contributed by atoms with Gasteiger partial charge in [0.2, 0.25) is 0 Å². The molecule has 0 radical (unpaired) electrons. The Bertz CT molecular complexity index is 741. The molecule has 2 heterocycles. The highest BCUT2D eigenvalue weighted by Gasteiger charge is 2.33. The lowest BCUT2D eigenvalue weighted by Gasteiger charge is -2.41. The van der Waals surface area contributed by atoms with Crippen molar-refractivity contribution in [2.24, 2.45) is 11.8 Å². The van der Waals surface area contributed by atoms with Crippen LogP contribution in [0, 0.1) is 11.8 Å². The van der Waals surface area contributed by atoms with Gasteiger partial charge >= 0.3 is 0 Å². The molecule has 2 N–H and O–H groups in total. The van der Waals surface area contributed by atoms with Crippen molar-refractivity contribution >= 4 is 11.7 Å². The van der Waals surface area contributed by atoms with E-state index < -0.39 is 0 Å². The average molecular weight is 336 g/mol. The second-order valence-corrected chi connectivity index (χ2v) is 7.25.